The van der Waals surface area contributed by atoms with Gasteiger partial charge in [0, 0.05) is 10.4 Å². The van der Waals surface area contributed by atoms with Gasteiger partial charge in [0.15, 0.2) is 6.10 Å². The highest BCUT2D eigenvalue weighted by atomic mass is 32.1. The normalized spacial score (nSPS) is 11.8. The van der Waals surface area contributed by atoms with Crippen molar-refractivity contribution in [2.45, 2.75) is 45.8 Å². The smallest absolute Gasteiger partial charge is 0.334 e. The van der Waals surface area contributed by atoms with Crippen molar-refractivity contribution in [1.82, 2.24) is 4.98 Å². The molecule has 30 heavy (non-hydrogen) atoms. The zero-order valence-electron chi connectivity index (χ0n) is 17.3. The molecule has 2 aromatic carbocycles. The minimum absolute atomic E-state index is 0.283. The van der Waals surface area contributed by atoms with Crippen LogP contribution in [0.3, 0.4) is 0 Å². The third-order valence-corrected chi connectivity index (χ3v) is 5.78. The quantitative estimate of drug-likeness (QED) is 0.466. The lowest BCUT2D eigenvalue weighted by Gasteiger charge is -2.10. The molecule has 3 rings (SSSR count). The van der Waals surface area contributed by atoms with E-state index >= 15 is 0 Å². The maximum absolute atomic E-state index is 11.4. The average molecular weight is 426 g/mol. The van der Waals surface area contributed by atoms with E-state index in [9.17, 15) is 9.90 Å². The molecule has 5 nitrogen and oxygen atoms in total. The number of hydrogen-bond acceptors (Lipinski definition) is 6. The maximum atomic E-state index is 11.4. The standard InChI is InChI=1S/C24H27NO4S/c1-3-28-24(27)22(26)11-7-8-18-12-14-20(15-13-18)29-16-21-17(2)30-23(25-21)19-9-5-4-6-10-19/h4-6,9-10,12-15,22,26H,3,7-8,11,16H2,1-2H3. The van der Waals surface area contributed by atoms with E-state index in [1.165, 1.54) is 0 Å². The summed E-state index contributed by atoms with van der Waals surface area (Å²) < 4.78 is 10.7. The van der Waals surface area contributed by atoms with Gasteiger partial charge in [-0.2, -0.15) is 0 Å². The highest BCUT2D eigenvalue weighted by Gasteiger charge is 2.15. The molecule has 0 saturated carbocycles. The lowest BCUT2D eigenvalue weighted by molar-refractivity contribution is -0.153. The van der Waals surface area contributed by atoms with Crippen molar-refractivity contribution in [3.63, 3.8) is 0 Å². The van der Waals surface area contributed by atoms with Crippen molar-refractivity contribution in [3.05, 3.63) is 70.7 Å². The summed E-state index contributed by atoms with van der Waals surface area (Å²) in [7, 11) is 0. The Morgan fingerprint density at radius 2 is 1.87 bits per heavy atom. The number of hydrogen-bond donors (Lipinski definition) is 1. The van der Waals surface area contributed by atoms with Crippen LogP contribution in [0.4, 0.5) is 0 Å². The van der Waals surface area contributed by atoms with Gasteiger partial charge in [-0.3, -0.25) is 0 Å². The van der Waals surface area contributed by atoms with Crippen molar-refractivity contribution in [1.29, 1.82) is 0 Å². The van der Waals surface area contributed by atoms with E-state index in [2.05, 4.69) is 19.1 Å². The zero-order valence-corrected chi connectivity index (χ0v) is 18.2. The van der Waals surface area contributed by atoms with Gasteiger partial charge in [-0.05, 0) is 50.8 Å². The summed E-state index contributed by atoms with van der Waals surface area (Å²) in [5, 5.41) is 10.8. The van der Waals surface area contributed by atoms with E-state index in [4.69, 9.17) is 14.5 Å². The summed E-state index contributed by atoms with van der Waals surface area (Å²) >= 11 is 1.68. The van der Waals surface area contributed by atoms with Crippen LogP contribution in [0.1, 0.15) is 35.9 Å². The van der Waals surface area contributed by atoms with Crippen molar-refractivity contribution >= 4 is 17.3 Å². The van der Waals surface area contributed by atoms with Gasteiger partial charge in [0.25, 0.3) is 0 Å². The number of nitrogens with zero attached hydrogens (tertiary/aromatic N) is 1. The van der Waals surface area contributed by atoms with Crippen molar-refractivity contribution in [2.24, 2.45) is 0 Å². The first-order chi connectivity index (χ1) is 14.6. The molecule has 0 bridgehead atoms. The predicted octanol–water partition coefficient (Wildman–Crippen LogP) is 4.94. The number of benzene rings is 2. The summed E-state index contributed by atoms with van der Waals surface area (Å²) in [6.07, 6.45) is 0.835. The molecule has 0 aliphatic rings. The lowest BCUT2D eigenvalue weighted by Crippen LogP contribution is -2.23. The van der Waals surface area contributed by atoms with Crippen LogP contribution in [0.5, 0.6) is 5.75 Å². The van der Waals surface area contributed by atoms with Gasteiger partial charge in [-0.15, -0.1) is 11.3 Å². The third kappa shape index (κ3) is 6.15. The molecule has 1 heterocycles. The van der Waals surface area contributed by atoms with Crippen LogP contribution in [-0.2, 0) is 22.6 Å². The number of esters is 1. The number of thiazole rings is 1. The third-order valence-electron chi connectivity index (χ3n) is 4.71. The summed E-state index contributed by atoms with van der Waals surface area (Å²) in [5.41, 5.74) is 3.21. The van der Waals surface area contributed by atoms with Crippen LogP contribution in [0.2, 0.25) is 0 Å². The Morgan fingerprint density at radius 1 is 1.13 bits per heavy atom. The first kappa shape index (κ1) is 22.0. The van der Waals surface area contributed by atoms with E-state index in [1.54, 1.807) is 18.3 Å². The number of aryl methyl sites for hydroxylation is 2. The Labute approximate surface area is 181 Å². The van der Waals surface area contributed by atoms with Crippen LogP contribution in [0, 0.1) is 6.92 Å². The molecule has 0 spiro atoms. The van der Waals surface area contributed by atoms with Crippen LogP contribution < -0.4 is 4.74 Å². The number of carbonyl (C=O) groups is 1. The van der Waals surface area contributed by atoms with Gasteiger partial charge >= 0.3 is 5.97 Å². The van der Waals surface area contributed by atoms with Gasteiger partial charge in [0.05, 0.1) is 12.3 Å². The zero-order chi connectivity index (χ0) is 21.3. The van der Waals surface area contributed by atoms with E-state index in [-0.39, 0.29) is 6.61 Å². The molecular weight excluding hydrogens is 398 g/mol. The summed E-state index contributed by atoms with van der Waals surface area (Å²) in [6.45, 7) is 4.51. The van der Waals surface area contributed by atoms with Gasteiger partial charge in [0.1, 0.15) is 17.4 Å². The van der Waals surface area contributed by atoms with Crippen LogP contribution in [-0.4, -0.2) is 28.8 Å². The molecule has 3 aromatic rings. The monoisotopic (exact) mass is 425 g/mol. The molecule has 6 heteroatoms. The second kappa shape index (κ2) is 10.9. The van der Waals surface area contributed by atoms with Crippen LogP contribution in [0.15, 0.2) is 54.6 Å². The Bertz CT molecular complexity index is 938. The van der Waals surface area contributed by atoms with E-state index in [1.807, 2.05) is 42.5 Å². The Balaban J connectivity index is 1.48. The molecule has 0 fully saturated rings. The fraction of sp³-hybridized carbons (Fsp3) is 0.333. The number of aliphatic hydroxyl groups is 1. The molecular formula is C24H27NO4S. The van der Waals surface area contributed by atoms with E-state index < -0.39 is 12.1 Å². The first-order valence-corrected chi connectivity index (χ1v) is 11.0. The molecule has 0 aliphatic heterocycles. The summed E-state index contributed by atoms with van der Waals surface area (Å²) in [4.78, 5) is 17.3. The van der Waals surface area contributed by atoms with Crippen molar-refractivity contribution in [2.75, 3.05) is 6.61 Å². The maximum Gasteiger partial charge on any atom is 0.334 e. The number of aliphatic hydroxyl groups excluding tert-OH is 1. The number of aromatic nitrogens is 1. The predicted molar refractivity (Wildman–Crippen MR) is 119 cm³/mol. The highest BCUT2D eigenvalue weighted by molar-refractivity contribution is 7.15. The summed E-state index contributed by atoms with van der Waals surface area (Å²) in [6, 6.07) is 18.1. The van der Waals surface area contributed by atoms with Crippen molar-refractivity contribution < 1.29 is 19.4 Å². The molecule has 1 N–H and O–H groups in total. The van der Waals surface area contributed by atoms with E-state index in [0.29, 0.717) is 19.4 Å². The Hall–Kier alpha value is -2.70. The SMILES string of the molecule is CCOC(=O)C(O)CCCc1ccc(OCc2nc(-c3ccccc3)sc2C)cc1. The van der Waals surface area contributed by atoms with Crippen molar-refractivity contribution in [3.8, 4) is 16.3 Å². The lowest BCUT2D eigenvalue weighted by atomic mass is 10.1. The van der Waals surface area contributed by atoms with Crippen LogP contribution in [0.25, 0.3) is 10.6 Å². The van der Waals surface area contributed by atoms with E-state index in [0.717, 1.165) is 38.9 Å². The molecule has 0 radical (unpaired) electrons. The average Bonchev–Trinajstić information content (AvgIpc) is 3.14. The molecule has 0 aliphatic carbocycles. The molecule has 1 aromatic heterocycles. The van der Waals surface area contributed by atoms with Gasteiger partial charge in [0.2, 0.25) is 0 Å². The molecule has 158 valence electrons. The molecule has 1 atom stereocenters. The van der Waals surface area contributed by atoms with Gasteiger partial charge in [-0.1, -0.05) is 42.5 Å². The highest BCUT2D eigenvalue weighted by Crippen LogP contribution is 2.28. The molecule has 0 saturated heterocycles. The molecule has 0 amide bonds. The fourth-order valence-electron chi connectivity index (χ4n) is 3.03. The minimum atomic E-state index is -1.05. The number of carbonyl (C=O) groups excluding carboxylic acids is 1. The second-order valence-corrected chi connectivity index (χ2v) is 8.18. The number of rotatable bonds is 10. The van der Waals surface area contributed by atoms with Gasteiger partial charge < -0.3 is 14.6 Å². The summed E-state index contributed by atoms with van der Waals surface area (Å²) in [5.74, 6) is 0.243. The Morgan fingerprint density at radius 3 is 2.57 bits per heavy atom. The topological polar surface area (TPSA) is 68.7 Å². The molecule has 1 unspecified atom stereocenters. The van der Waals surface area contributed by atoms with Gasteiger partial charge in [-0.25, -0.2) is 9.78 Å². The first-order valence-electron chi connectivity index (χ1n) is 10.1. The number of ether oxygens (including phenoxy) is 2. The minimum Gasteiger partial charge on any atom is -0.487 e. The largest absolute Gasteiger partial charge is 0.487 e. The Kier molecular flexibility index (Phi) is 7.99. The van der Waals surface area contributed by atoms with Crippen LogP contribution >= 0.6 is 11.3 Å². The fourth-order valence-corrected chi connectivity index (χ4v) is 3.95. The second-order valence-electron chi connectivity index (χ2n) is 6.98.